The third kappa shape index (κ3) is 4.50. The fraction of sp³-hybridized carbons (Fsp3) is 0.136. The summed E-state index contributed by atoms with van der Waals surface area (Å²) in [5.41, 5.74) is 2.23. The Balaban J connectivity index is 1.94. The molecule has 138 valence electrons. The van der Waals surface area contributed by atoms with Gasteiger partial charge in [-0.15, -0.1) is 0 Å². The van der Waals surface area contributed by atoms with Crippen LogP contribution in [0.4, 0.5) is 19.3 Å². The molecule has 3 aromatic carbocycles. The number of urea groups is 1. The van der Waals surface area contributed by atoms with Crippen molar-refractivity contribution < 1.29 is 13.6 Å². The molecule has 0 unspecified atom stereocenters. The van der Waals surface area contributed by atoms with E-state index >= 15 is 0 Å². The molecule has 0 aliphatic heterocycles. The molecule has 0 aliphatic rings. The number of carbonyl (C=O) groups is 1. The van der Waals surface area contributed by atoms with Crippen molar-refractivity contribution in [2.45, 2.75) is 13.0 Å². The summed E-state index contributed by atoms with van der Waals surface area (Å²) in [6, 6.07) is 20.6. The summed E-state index contributed by atoms with van der Waals surface area (Å²) in [7, 11) is 0. The molecular formula is C22H20F2N2O. The lowest BCUT2D eigenvalue weighted by molar-refractivity contribution is 0.201. The summed E-state index contributed by atoms with van der Waals surface area (Å²) in [6.45, 7) is 2.31. The van der Waals surface area contributed by atoms with Gasteiger partial charge in [-0.3, -0.25) is 0 Å². The third-order valence-corrected chi connectivity index (χ3v) is 4.31. The van der Waals surface area contributed by atoms with E-state index in [4.69, 9.17) is 0 Å². The van der Waals surface area contributed by atoms with Crippen LogP contribution in [0.3, 0.4) is 0 Å². The van der Waals surface area contributed by atoms with E-state index in [1.807, 2.05) is 37.3 Å². The standard InChI is InChI=1S/C22H20F2N2O/c1-2-26(22(27)25-20-14-12-19(24)13-15-20)21(16-6-4-3-5-7-16)17-8-10-18(23)11-9-17/h3-15,21H,2H2,1H3,(H,25,27)/t21-/m0/s1. The molecule has 27 heavy (non-hydrogen) atoms. The van der Waals surface area contributed by atoms with E-state index in [0.29, 0.717) is 12.2 Å². The normalized spacial score (nSPS) is 11.7. The lowest BCUT2D eigenvalue weighted by Gasteiger charge is -2.32. The Bertz CT molecular complexity index is 880. The van der Waals surface area contributed by atoms with Gasteiger partial charge in [0.1, 0.15) is 11.6 Å². The quantitative estimate of drug-likeness (QED) is 0.625. The molecule has 0 spiro atoms. The number of carbonyl (C=O) groups excluding carboxylic acids is 1. The van der Waals surface area contributed by atoms with Gasteiger partial charge in [0.15, 0.2) is 0 Å². The lowest BCUT2D eigenvalue weighted by Crippen LogP contribution is -2.38. The van der Waals surface area contributed by atoms with E-state index in [9.17, 15) is 13.6 Å². The minimum atomic E-state index is -0.378. The predicted molar refractivity (Wildman–Crippen MR) is 102 cm³/mol. The van der Waals surface area contributed by atoms with E-state index in [-0.39, 0.29) is 23.7 Å². The molecular weight excluding hydrogens is 346 g/mol. The van der Waals surface area contributed by atoms with Crippen LogP contribution in [0.2, 0.25) is 0 Å². The Morgan fingerprint density at radius 2 is 1.37 bits per heavy atom. The summed E-state index contributed by atoms with van der Waals surface area (Å²) in [5.74, 6) is -0.696. The van der Waals surface area contributed by atoms with Crippen LogP contribution in [0, 0.1) is 11.6 Å². The van der Waals surface area contributed by atoms with E-state index in [0.717, 1.165) is 11.1 Å². The molecule has 2 amide bonds. The Morgan fingerprint density at radius 1 is 0.852 bits per heavy atom. The SMILES string of the molecule is CCN(C(=O)Nc1ccc(F)cc1)[C@@H](c1ccccc1)c1ccc(F)cc1. The van der Waals surface area contributed by atoms with Gasteiger partial charge in [-0.25, -0.2) is 13.6 Å². The zero-order chi connectivity index (χ0) is 19.2. The second-order valence-electron chi connectivity index (χ2n) is 6.09. The number of hydrogen-bond donors (Lipinski definition) is 1. The summed E-state index contributed by atoms with van der Waals surface area (Å²) in [5, 5.41) is 2.80. The van der Waals surface area contributed by atoms with Gasteiger partial charge in [-0.05, 0) is 54.4 Å². The second kappa shape index (κ2) is 8.45. The van der Waals surface area contributed by atoms with E-state index < -0.39 is 0 Å². The molecule has 0 aromatic heterocycles. The minimum absolute atomic E-state index is 0.317. The second-order valence-corrected chi connectivity index (χ2v) is 6.09. The Labute approximate surface area is 157 Å². The van der Waals surface area contributed by atoms with Crippen molar-refractivity contribution in [2.75, 3.05) is 11.9 Å². The average Bonchev–Trinajstić information content (AvgIpc) is 2.69. The fourth-order valence-electron chi connectivity index (χ4n) is 3.00. The van der Waals surface area contributed by atoms with Gasteiger partial charge >= 0.3 is 6.03 Å². The first-order chi connectivity index (χ1) is 13.1. The number of amides is 2. The van der Waals surface area contributed by atoms with Crippen molar-refractivity contribution in [1.29, 1.82) is 0 Å². The monoisotopic (exact) mass is 366 g/mol. The molecule has 1 N–H and O–H groups in total. The highest BCUT2D eigenvalue weighted by atomic mass is 19.1. The predicted octanol–water partition coefficient (Wildman–Crippen LogP) is 5.61. The van der Waals surface area contributed by atoms with Crippen LogP contribution in [0.15, 0.2) is 78.9 Å². The third-order valence-electron chi connectivity index (χ3n) is 4.31. The van der Waals surface area contributed by atoms with Crippen LogP contribution in [0.25, 0.3) is 0 Å². The molecule has 0 fully saturated rings. The van der Waals surface area contributed by atoms with Crippen molar-refractivity contribution in [3.05, 3.63) is 102 Å². The smallest absolute Gasteiger partial charge is 0.314 e. The van der Waals surface area contributed by atoms with Crippen LogP contribution in [-0.4, -0.2) is 17.5 Å². The zero-order valence-electron chi connectivity index (χ0n) is 14.9. The highest BCUT2D eigenvalue weighted by molar-refractivity contribution is 5.89. The highest BCUT2D eigenvalue weighted by Crippen LogP contribution is 2.29. The fourth-order valence-corrected chi connectivity index (χ4v) is 3.00. The summed E-state index contributed by atoms with van der Waals surface area (Å²) in [6.07, 6.45) is 0. The van der Waals surface area contributed by atoms with E-state index in [1.165, 1.54) is 36.4 Å². The molecule has 0 heterocycles. The van der Waals surface area contributed by atoms with Gasteiger partial charge < -0.3 is 10.2 Å². The number of benzene rings is 3. The number of nitrogens with zero attached hydrogens (tertiary/aromatic N) is 1. The molecule has 0 bridgehead atoms. The van der Waals surface area contributed by atoms with Gasteiger partial charge in [0, 0.05) is 12.2 Å². The Morgan fingerprint density at radius 3 is 1.93 bits per heavy atom. The number of nitrogens with one attached hydrogen (secondary N) is 1. The maximum atomic E-state index is 13.4. The first-order valence-electron chi connectivity index (χ1n) is 8.72. The number of hydrogen-bond acceptors (Lipinski definition) is 1. The van der Waals surface area contributed by atoms with Gasteiger partial charge in [0.05, 0.1) is 6.04 Å². The van der Waals surface area contributed by atoms with Crippen molar-refractivity contribution in [1.82, 2.24) is 4.90 Å². The van der Waals surface area contributed by atoms with Crippen LogP contribution >= 0.6 is 0 Å². The highest BCUT2D eigenvalue weighted by Gasteiger charge is 2.25. The molecule has 3 nitrogen and oxygen atoms in total. The Kier molecular flexibility index (Phi) is 5.81. The molecule has 3 rings (SSSR count). The average molecular weight is 366 g/mol. The van der Waals surface area contributed by atoms with E-state index in [2.05, 4.69) is 5.32 Å². The maximum Gasteiger partial charge on any atom is 0.322 e. The summed E-state index contributed by atoms with van der Waals surface area (Å²) >= 11 is 0. The molecule has 0 aliphatic carbocycles. The van der Waals surface area contributed by atoms with Crippen molar-refractivity contribution in [3.63, 3.8) is 0 Å². The number of anilines is 1. The van der Waals surface area contributed by atoms with Gasteiger partial charge in [-0.2, -0.15) is 0 Å². The molecule has 5 heteroatoms. The van der Waals surface area contributed by atoms with Crippen LogP contribution in [0.1, 0.15) is 24.1 Å². The largest absolute Gasteiger partial charge is 0.322 e. The topological polar surface area (TPSA) is 32.3 Å². The maximum absolute atomic E-state index is 13.4. The van der Waals surface area contributed by atoms with E-state index in [1.54, 1.807) is 17.0 Å². The molecule has 1 atom stereocenters. The molecule has 0 saturated heterocycles. The zero-order valence-corrected chi connectivity index (χ0v) is 14.9. The molecule has 0 radical (unpaired) electrons. The van der Waals surface area contributed by atoms with Crippen LogP contribution < -0.4 is 5.32 Å². The molecule has 3 aromatic rings. The summed E-state index contributed by atoms with van der Waals surface area (Å²) < 4.78 is 26.5. The molecule has 0 saturated carbocycles. The summed E-state index contributed by atoms with van der Waals surface area (Å²) in [4.78, 5) is 14.6. The van der Waals surface area contributed by atoms with Crippen LogP contribution in [0.5, 0.6) is 0 Å². The van der Waals surface area contributed by atoms with Gasteiger partial charge in [0.2, 0.25) is 0 Å². The first kappa shape index (κ1) is 18.6. The van der Waals surface area contributed by atoms with Crippen molar-refractivity contribution >= 4 is 11.7 Å². The van der Waals surface area contributed by atoms with Crippen LogP contribution in [-0.2, 0) is 0 Å². The van der Waals surface area contributed by atoms with Gasteiger partial charge in [-0.1, -0.05) is 42.5 Å². The van der Waals surface area contributed by atoms with Crippen molar-refractivity contribution in [3.8, 4) is 0 Å². The van der Waals surface area contributed by atoms with Crippen molar-refractivity contribution in [2.24, 2.45) is 0 Å². The number of halogens is 2. The Hall–Kier alpha value is -3.21. The number of rotatable bonds is 5. The lowest BCUT2D eigenvalue weighted by atomic mass is 9.97. The first-order valence-corrected chi connectivity index (χ1v) is 8.72. The van der Waals surface area contributed by atoms with Gasteiger partial charge in [0.25, 0.3) is 0 Å². The minimum Gasteiger partial charge on any atom is -0.314 e.